The smallest absolute Gasteiger partial charge is 0.329 e. The molecule has 0 aromatic carbocycles. The van der Waals surface area contributed by atoms with E-state index in [9.17, 15) is 53.1 Å². The van der Waals surface area contributed by atoms with Crippen molar-refractivity contribution in [2.24, 2.45) is 35.3 Å². The van der Waals surface area contributed by atoms with E-state index in [0.29, 0.717) is 12.8 Å². The van der Waals surface area contributed by atoms with Gasteiger partial charge in [0, 0.05) is 6.42 Å². The van der Waals surface area contributed by atoms with Crippen LogP contribution in [0.4, 0.5) is 0 Å². The normalized spacial score (nSPS) is 24.3. The number of nitrogens with one attached hydrogen (secondary N) is 7. The molecule has 1 rings (SSSR count). The maximum Gasteiger partial charge on any atom is 0.329 e. The lowest BCUT2D eigenvalue weighted by molar-refractivity contribution is -0.156. The summed E-state index contributed by atoms with van der Waals surface area (Å²) in [6.45, 7) is 19.8. The Morgan fingerprint density at radius 1 is 0.534 bits per heavy atom. The maximum atomic E-state index is 14.3. The van der Waals surface area contributed by atoms with Crippen molar-refractivity contribution >= 4 is 59.2 Å². The molecule has 0 aromatic heterocycles. The lowest BCUT2D eigenvalue weighted by Crippen LogP contribution is -2.61. The first-order chi connectivity index (χ1) is 34.3. The Bertz CT molecular complexity index is 1790. The van der Waals surface area contributed by atoms with Crippen LogP contribution in [0, 0.1) is 29.6 Å². The van der Waals surface area contributed by atoms with Crippen LogP contribution in [0.3, 0.4) is 0 Å². The summed E-state index contributed by atoms with van der Waals surface area (Å²) in [5, 5.41) is 28.5. The molecule has 20 nitrogen and oxygen atoms in total. The summed E-state index contributed by atoms with van der Waals surface area (Å²) < 4.78 is 6.08. The summed E-state index contributed by atoms with van der Waals surface area (Å²) in [6.07, 6.45) is 8.39. The van der Waals surface area contributed by atoms with Crippen molar-refractivity contribution < 1.29 is 57.8 Å². The van der Waals surface area contributed by atoms with Crippen molar-refractivity contribution in [3.8, 4) is 0 Å². The Kier molecular flexibility index (Phi) is 31.5. The molecule has 0 bridgehead atoms. The van der Waals surface area contributed by atoms with E-state index >= 15 is 0 Å². The van der Waals surface area contributed by atoms with E-state index < -0.39 is 132 Å². The highest BCUT2D eigenvalue weighted by molar-refractivity contribution is 5.98. The molecule has 1 aliphatic heterocycles. The van der Waals surface area contributed by atoms with Crippen LogP contribution in [-0.2, 0) is 52.7 Å². The molecule has 0 aromatic rings. The van der Waals surface area contributed by atoms with Crippen LogP contribution in [0.15, 0.2) is 0 Å². The highest BCUT2D eigenvalue weighted by Crippen LogP contribution is 2.19. The van der Waals surface area contributed by atoms with Crippen molar-refractivity contribution in [3.05, 3.63) is 0 Å². The van der Waals surface area contributed by atoms with Gasteiger partial charge in [0.25, 0.3) is 0 Å². The minimum absolute atomic E-state index is 0.0469. The minimum Gasteiger partial charge on any atom is -0.481 e. The zero-order valence-electron chi connectivity index (χ0n) is 46.0. The molecule has 20 heteroatoms. The molecule has 0 spiro atoms. The predicted octanol–water partition coefficient (Wildman–Crippen LogP) is 4.59. The number of carbonyl (C=O) groups is 10. The molecule has 4 unspecified atom stereocenters. The standard InChI is InChI=1S/C53H94N8O12/c1-12-14-15-16-17-18-19-20-21-22-23-36-29-43(63)55-37(24-25-42(54)62)47(66)56-38(26-31(3)4)48(67)57-39(27-32(5)6)50(69)60-45(34(9)10)52(71)59-41(30-44(64)65)49(68)58-40(28-33(7)8)51(70)61-46(35(11)13-2)53(72)73-36/h31-41,45-46H,12-30H2,1-11H3,(H2,54,62)(H,55,63)(H,56,66)(H,57,67)(H,58,68)(H,59,71)(H,60,69)(H,61,70)(H,64,65)/t35-,36?,37-,38?,39+,40+,41?,45-,46?/m0/s1. The van der Waals surface area contributed by atoms with Gasteiger partial charge in [0.1, 0.15) is 48.4 Å². The lowest BCUT2D eigenvalue weighted by atomic mass is 9.97. The Morgan fingerprint density at radius 2 is 0.945 bits per heavy atom. The summed E-state index contributed by atoms with van der Waals surface area (Å²) >= 11 is 0. The molecule has 0 aliphatic carbocycles. The first kappa shape index (κ1) is 65.7. The lowest BCUT2D eigenvalue weighted by Gasteiger charge is -2.30. The van der Waals surface area contributed by atoms with Crippen LogP contribution in [0.2, 0.25) is 0 Å². The predicted molar refractivity (Wildman–Crippen MR) is 278 cm³/mol. The van der Waals surface area contributed by atoms with Crippen molar-refractivity contribution in [2.45, 2.75) is 247 Å². The molecule has 1 saturated heterocycles. The molecule has 8 amide bonds. The topological polar surface area (TPSA) is 310 Å². The Hall–Kier alpha value is -5.30. The van der Waals surface area contributed by atoms with Crippen molar-refractivity contribution in [1.29, 1.82) is 0 Å². The number of hydrogen-bond acceptors (Lipinski definition) is 11. The molecule has 418 valence electrons. The average Bonchev–Trinajstić information content (AvgIpc) is 3.29. The quantitative estimate of drug-likeness (QED) is 0.0448. The third kappa shape index (κ3) is 27.0. The number of carbonyl (C=O) groups excluding carboxylic acids is 9. The molecule has 1 fully saturated rings. The van der Waals surface area contributed by atoms with Crippen LogP contribution < -0.4 is 43.0 Å². The molecule has 10 N–H and O–H groups in total. The molecular weight excluding hydrogens is 941 g/mol. The Balaban J connectivity index is 3.96. The third-order valence-corrected chi connectivity index (χ3v) is 13.0. The molecule has 73 heavy (non-hydrogen) atoms. The second kappa shape index (κ2) is 35.0. The second-order valence-corrected chi connectivity index (χ2v) is 21.7. The van der Waals surface area contributed by atoms with E-state index in [1.807, 2.05) is 34.6 Å². The molecule has 1 heterocycles. The van der Waals surface area contributed by atoms with Crippen LogP contribution >= 0.6 is 0 Å². The molecule has 1 aliphatic rings. The van der Waals surface area contributed by atoms with Gasteiger partial charge in [-0.05, 0) is 68.1 Å². The SMILES string of the molecule is CCCCCCCCCCCCC1CC(=O)N[C@@H](CCC(N)=O)C(=O)NC(CC(C)C)C(=O)N[C@H](CC(C)C)C(=O)N[C@@H](C(C)C)C(=O)NC(CC(=O)O)C(=O)N[C@H](CC(C)C)C(=O)NC([C@@H](C)CC)C(=O)O1. The summed E-state index contributed by atoms with van der Waals surface area (Å²) in [5.74, 6) is -10.4. The van der Waals surface area contributed by atoms with E-state index in [0.717, 1.165) is 32.1 Å². The van der Waals surface area contributed by atoms with Gasteiger partial charge in [0.2, 0.25) is 47.3 Å². The fraction of sp³-hybridized carbons (Fsp3) is 0.811. The Labute approximate surface area is 434 Å². The van der Waals surface area contributed by atoms with E-state index in [-0.39, 0.29) is 56.3 Å². The van der Waals surface area contributed by atoms with Gasteiger partial charge >= 0.3 is 11.9 Å². The number of nitrogens with two attached hydrogens (primary N) is 1. The van der Waals surface area contributed by atoms with Gasteiger partial charge in [-0.25, -0.2) is 4.79 Å². The highest BCUT2D eigenvalue weighted by Gasteiger charge is 2.38. The number of ether oxygens (including phenoxy) is 1. The van der Waals surface area contributed by atoms with Crippen LogP contribution in [0.5, 0.6) is 0 Å². The van der Waals surface area contributed by atoms with Crippen LogP contribution in [-0.4, -0.2) is 113 Å². The fourth-order valence-corrected chi connectivity index (χ4v) is 8.60. The number of hydrogen-bond donors (Lipinski definition) is 9. The number of carboxylic acids is 1. The highest BCUT2D eigenvalue weighted by atomic mass is 16.5. The van der Waals surface area contributed by atoms with E-state index in [1.165, 1.54) is 25.7 Å². The largest absolute Gasteiger partial charge is 0.481 e. The zero-order valence-corrected chi connectivity index (χ0v) is 46.0. The van der Waals surface area contributed by atoms with E-state index in [1.54, 1.807) is 34.6 Å². The number of carboxylic acid groups (broad SMARTS) is 1. The number of amides is 8. The van der Waals surface area contributed by atoms with Gasteiger partial charge < -0.3 is 52.8 Å². The summed E-state index contributed by atoms with van der Waals surface area (Å²) in [4.78, 5) is 137. The fourth-order valence-electron chi connectivity index (χ4n) is 8.60. The molecular formula is C53H94N8O12. The summed E-state index contributed by atoms with van der Waals surface area (Å²) in [6, 6.07) is -9.48. The van der Waals surface area contributed by atoms with Crippen molar-refractivity contribution in [2.75, 3.05) is 0 Å². The number of primary amides is 1. The number of cyclic esters (lactones) is 1. The zero-order chi connectivity index (χ0) is 55.4. The number of unbranched alkanes of at least 4 members (excludes halogenated alkanes) is 9. The summed E-state index contributed by atoms with van der Waals surface area (Å²) in [7, 11) is 0. The first-order valence-electron chi connectivity index (χ1n) is 27.1. The first-order valence-corrected chi connectivity index (χ1v) is 27.1. The monoisotopic (exact) mass is 1030 g/mol. The number of esters is 1. The second-order valence-electron chi connectivity index (χ2n) is 21.7. The molecule has 9 atom stereocenters. The van der Waals surface area contributed by atoms with Crippen molar-refractivity contribution in [1.82, 2.24) is 37.2 Å². The van der Waals surface area contributed by atoms with Gasteiger partial charge in [-0.1, -0.05) is 140 Å². The third-order valence-electron chi connectivity index (χ3n) is 13.0. The van der Waals surface area contributed by atoms with Gasteiger partial charge in [-0.3, -0.25) is 43.2 Å². The average molecular weight is 1040 g/mol. The van der Waals surface area contributed by atoms with Crippen LogP contribution in [0.1, 0.15) is 198 Å². The van der Waals surface area contributed by atoms with E-state index in [2.05, 4.69) is 44.1 Å². The van der Waals surface area contributed by atoms with Gasteiger partial charge in [-0.2, -0.15) is 0 Å². The minimum atomic E-state index is -1.72. The van der Waals surface area contributed by atoms with E-state index in [4.69, 9.17) is 10.5 Å². The van der Waals surface area contributed by atoms with Crippen LogP contribution in [0.25, 0.3) is 0 Å². The van der Waals surface area contributed by atoms with Gasteiger partial charge in [0.05, 0.1) is 12.8 Å². The van der Waals surface area contributed by atoms with Crippen molar-refractivity contribution in [3.63, 3.8) is 0 Å². The number of rotatable bonds is 25. The molecule has 0 radical (unpaired) electrons. The Morgan fingerprint density at radius 3 is 1.37 bits per heavy atom. The number of aliphatic carboxylic acids is 1. The summed E-state index contributed by atoms with van der Waals surface area (Å²) in [5.41, 5.74) is 5.50. The maximum absolute atomic E-state index is 14.3. The molecule has 0 saturated carbocycles. The van der Waals surface area contributed by atoms with Gasteiger partial charge in [-0.15, -0.1) is 0 Å². The van der Waals surface area contributed by atoms with Gasteiger partial charge in [0.15, 0.2) is 0 Å².